The van der Waals surface area contributed by atoms with Gasteiger partial charge in [0.25, 0.3) is 0 Å². The normalized spacial score (nSPS) is 11.0. The van der Waals surface area contributed by atoms with Crippen LogP contribution in [0.3, 0.4) is 0 Å². The van der Waals surface area contributed by atoms with Crippen LogP contribution < -0.4 is 4.74 Å². The standard InChI is InChI=1S/C18H25N3OS/c1-4-21(5-2)13-14-23-18-12-11-17(19-20-18)15-7-9-16(10-8-15)22-6-3/h7-12H,4-6,13-14H2,1-3H3. The van der Waals surface area contributed by atoms with E-state index in [2.05, 4.69) is 28.9 Å². The summed E-state index contributed by atoms with van der Waals surface area (Å²) in [6.45, 7) is 10.3. The maximum atomic E-state index is 5.45. The third kappa shape index (κ3) is 5.52. The second kappa shape index (κ2) is 9.53. The molecule has 0 aliphatic heterocycles. The smallest absolute Gasteiger partial charge is 0.119 e. The molecule has 0 aliphatic rings. The first-order chi connectivity index (χ1) is 11.3. The minimum atomic E-state index is 0.679. The van der Waals surface area contributed by atoms with Gasteiger partial charge in [0, 0.05) is 17.9 Å². The van der Waals surface area contributed by atoms with Crippen molar-refractivity contribution in [1.82, 2.24) is 15.1 Å². The molecule has 2 aromatic rings. The lowest BCUT2D eigenvalue weighted by Crippen LogP contribution is -2.25. The van der Waals surface area contributed by atoms with E-state index in [1.807, 2.05) is 43.3 Å². The summed E-state index contributed by atoms with van der Waals surface area (Å²) >= 11 is 1.76. The van der Waals surface area contributed by atoms with Crippen molar-refractivity contribution in [2.75, 3.05) is 32.0 Å². The first-order valence-electron chi connectivity index (χ1n) is 8.18. The molecule has 0 fully saturated rings. The number of aromatic nitrogens is 2. The van der Waals surface area contributed by atoms with Crippen LogP contribution >= 0.6 is 11.8 Å². The third-order valence-electron chi connectivity index (χ3n) is 3.65. The molecule has 4 nitrogen and oxygen atoms in total. The van der Waals surface area contributed by atoms with Crippen LogP contribution in [0.2, 0.25) is 0 Å². The number of hydrogen-bond acceptors (Lipinski definition) is 5. The molecule has 0 radical (unpaired) electrons. The number of nitrogens with zero attached hydrogens (tertiary/aromatic N) is 3. The molecular weight excluding hydrogens is 306 g/mol. The van der Waals surface area contributed by atoms with Gasteiger partial charge in [-0.3, -0.25) is 0 Å². The monoisotopic (exact) mass is 331 g/mol. The number of hydrogen-bond donors (Lipinski definition) is 0. The average Bonchev–Trinajstić information content (AvgIpc) is 2.60. The third-order valence-corrected chi connectivity index (χ3v) is 4.55. The zero-order valence-corrected chi connectivity index (χ0v) is 15.0. The van der Waals surface area contributed by atoms with Gasteiger partial charge < -0.3 is 9.64 Å². The molecule has 1 heterocycles. The molecule has 0 spiro atoms. The Labute approximate surface area is 143 Å². The molecule has 124 valence electrons. The van der Waals surface area contributed by atoms with E-state index < -0.39 is 0 Å². The SMILES string of the molecule is CCOc1ccc(-c2ccc(SCCN(CC)CC)nn2)cc1. The minimum absolute atomic E-state index is 0.679. The van der Waals surface area contributed by atoms with Gasteiger partial charge in [-0.15, -0.1) is 22.0 Å². The van der Waals surface area contributed by atoms with Crippen LogP contribution in [0, 0.1) is 0 Å². The Bertz CT molecular complexity index is 568. The van der Waals surface area contributed by atoms with E-state index in [4.69, 9.17) is 4.74 Å². The Kier molecular flexibility index (Phi) is 7.36. The summed E-state index contributed by atoms with van der Waals surface area (Å²) in [6.07, 6.45) is 0. The van der Waals surface area contributed by atoms with E-state index in [9.17, 15) is 0 Å². The molecule has 0 amide bonds. The Morgan fingerprint density at radius 2 is 1.70 bits per heavy atom. The summed E-state index contributed by atoms with van der Waals surface area (Å²) in [4.78, 5) is 2.41. The molecule has 2 rings (SSSR count). The second-order valence-corrected chi connectivity index (χ2v) is 6.20. The van der Waals surface area contributed by atoms with Crippen LogP contribution in [0.25, 0.3) is 11.3 Å². The van der Waals surface area contributed by atoms with E-state index in [-0.39, 0.29) is 0 Å². The predicted molar refractivity (Wildman–Crippen MR) is 97.1 cm³/mol. The molecule has 1 aromatic heterocycles. The van der Waals surface area contributed by atoms with Gasteiger partial charge >= 0.3 is 0 Å². The first-order valence-corrected chi connectivity index (χ1v) is 9.17. The summed E-state index contributed by atoms with van der Waals surface area (Å²) in [5.74, 6) is 1.92. The van der Waals surface area contributed by atoms with Crippen LogP contribution in [0.5, 0.6) is 5.75 Å². The van der Waals surface area contributed by atoms with Crippen molar-refractivity contribution in [2.45, 2.75) is 25.8 Å². The highest BCUT2D eigenvalue weighted by atomic mass is 32.2. The molecule has 0 saturated heterocycles. The lowest BCUT2D eigenvalue weighted by atomic mass is 10.1. The summed E-state index contributed by atoms with van der Waals surface area (Å²) < 4.78 is 5.45. The number of benzene rings is 1. The second-order valence-electron chi connectivity index (χ2n) is 5.09. The van der Waals surface area contributed by atoms with Crippen molar-refractivity contribution in [3.8, 4) is 17.0 Å². The van der Waals surface area contributed by atoms with Crippen molar-refractivity contribution in [3.63, 3.8) is 0 Å². The Morgan fingerprint density at radius 1 is 0.957 bits per heavy atom. The quantitative estimate of drug-likeness (QED) is 0.650. The number of ether oxygens (including phenoxy) is 1. The summed E-state index contributed by atoms with van der Waals surface area (Å²) in [6, 6.07) is 12.0. The maximum Gasteiger partial charge on any atom is 0.119 e. The van der Waals surface area contributed by atoms with Crippen molar-refractivity contribution in [3.05, 3.63) is 36.4 Å². The summed E-state index contributed by atoms with van der Waals surface area (Å²) in [5, 5.41) is 9.64. The maximum absolute atomic E-state index is 5.45. The van der Waals surface area contributed by atoms with Gasteiger partial charge in [0.15, 0.2) is 0 Å². The van der Waals surface area contributed by atoms with Crippen LogP contribution in [-0.4, -0.2) is 47.1 Å². The molecule has 0 saturated carbocycles. The van der Waals surface area contributed by atoms with Crippen LogP contribution in [0.4, 0.5) is 0 Å². The lowest BCUT2D eigenvalue weighted by Gasteiger charge is -2.16. The Hall–Kier alpha value is -1.59. The Balaban J connectivity index is 1.91. The van der Waals surface area contributed by atoms with Crippen molar-refractivity contribution >= 4 is 11.8 Å². The molecule has 0 bridgehead atoms. The van der Waals surface area contributed by atoms with Crippen LogP contribution in [0.1, 0.15) is 20.8 Å². The molecule has 1 aromatic carbocycles. The van der Waals surface area contributed by atoms with Crippen LogP contribution in [0.15, 0.2) is 41.4 Å². The van der Waals surface area contributed by atoms with E-state index in [1.165, 1.54) is 0 Å². The Morgan fingerprint density at radius 3 is 2.26 bits per heavy atom. The molecule has 0 atom stereocenters. The largest absolute Gasteiger partial charge is 0.494 e. The van der Waals surface area contributed by atoms with Gasteiger partial charge in [0.2, 0.25) is 0 Å². The highest BCUT2D eigenvalue weighted by molar-refractivity contribution is 7.99. The van der Waals surface area contributed by atoms with Crippen LogP contribution in [-0.2, 0) is 0 Å². The zero-order valence-electron chi connectivity index (χ0n) is 14.2. The highest BCUT2D eigenvalue weighted by Gasteiger charge is 2.04. The molecule has 0 unspecified atom stereocenters. The molecule has 0 N–H and O–H groups in total. The first kappa shape index (κ1) is 17.8. The molecule has 23 heavy (non-hydrogen) atoms. The van der Waals surface area contributed by atoms with Crippen molar-refractivity contribution in [1.29, 1.82) is 0 Å². The predicted octanol–water partition coefficient (Wildman–Crippen LogP) is 3.98. The topological polar surface area (TPSA) is 38.2 Å². The van der Waals surface area contributed by atoms with Crippen molar-refractivity contribution < 1.29 is 4.74 Å². The van der Waals surface area contributed by atoms with Crippen molar-refractivity contribution in [2.24, 2.45) is 0 Å². The minimum Gasteiger partial charge on any atom is -0.494 e. The highest BCUT2D eigenvalue weighted by Crippen LogP contribution is 2.22. The molecule has 0 aliphatic carbocycles. The van der Waals surface area contributed by atoms with Gasteiger partial charge in [-0.25, -0.2) is 0 Å². The average molecular weight is 331 g/mol. The van der Waals surface area contributed by atoms with Gasteiger partial charge in [-0.05, 0) is 56.4 Å². The number of rotatable bonds is 9. The fraction of sp³-hybridized carbons (Fsp3) is 0.444. The van der Waals surface area contributed by atoms with Gasteiger partial charge in [0.05, 0.1) is 12.3 Å². The molecule has 5 heteroatoms. The van der Waals surface area contributed by atoms with E-state index in [0.29, 0.717) is 6.61 Å². The molecular formula is C18H25N3OS. The summed E-state index contributed by atoms with van der Waals surface area (Å²) in [7, 11) is 0. The fourth-order valence-electron chi connectivity index (χ4n) is 2.26. The van der Waals surface area contributed by atoms with Gasteiger partial charge in [-0.1, -0.05) is 13.8 Å². The van der Waals surface area contributed by atoms with E-state index in [0.717, 1.165) is 47.4 Å². The summed E-state index contributed by atoms with van der Waals surface area (Å²) in [5.41, 5.74) is 1.95. The lowest BCUT2D eigenvalue weighted by molar-refractivity contribution is 0.324. The van der Waals surface area contributed by atoms with Gasteiger partial charge in [-0.2, -0.15) is 0 Å². The van der Waals surface area contributed by atoms with Gasteiger partial charge in [0.1, 0.15) is 10.8 Å². The zero-order chi connectivity index (χ0) is 16.5. The number of thioether (sulfide) groups is 1. The fourth-order valence-corrected chi connectivity index (χ4v) is 3.08. The van der Waals surface area contributed by atoms with E-state index in [1.54, 1.807) is 11.8 Å². The van der Waals surface area contributed by atoms with E-state index >= 15 is 0 Å².